The second kappa shape index (κ2) is 9.29. The van der Waals surface area contributed by atoms with Crippen LogP contribution in [0.5, 0.6) is 0 Å². The summed E-state index contributed by atoms with van der Waals surface area (Å²) in [4.78, 5) is 9.71. The van der Waals surface area contributed by atoms with Gasteiger partial charge in [0.2, 0.25) is 0 Å². The summed E-state index contributed by atoms with van der Waals surface area (Å²) in [6.45, 7) is 0. The van der Waals surface area contributed by atoms with Crippen molar-refractivity contribution in [2.45, 2.75) is 0 Å². The highest BCUT2D eigenvalue weighted by atomic mass is 15.2. The van der Waals surface area contributed by atoms with Crippen LogP contribution < -0.4 is 0 Å². The number of aromatic nitrogens is 5. The summed E-state index contributed by atoms with van der Waals surface area (Å²) in [6.07, 6.45) is 3.47. The average Bonchev–Trinajstić information content (AvgIpc) is 3.39. The number of hydrogen-bond acceptors (Lipinski definition) is 4. The smallest absolute Gasteiger partial charge is 0.188 e. The van der Waals surface area contributed by atoms with Crippen LogP contribution in [0.25, 0.3) is 82.6 Å². The molecule has 9 aromatic rings. The predicted molar refractivity (Wildman–Crippen MR) is 175 cm³/mol. The van der Waals surface area contributed by atoms with E-state index in [9.17, 15) is 0 Å². The van der Waals surface area contributed by atoms with Crippen molar-refractivity contribution in [1.82, 2.24) is 24.7 Å². The van der Waals surface area contributed by atoms with Gasteiger partial charge in [-0.1, -0.05) is 109 Å². The fraction of sp³-hybridized carbons (Fsp3) is 0. The molecule has 0 atom stereocenters. The van der Waals surface area contributed by atoms with E-state index in [0.717, 1.165) is 38.3 Å². The molecule has 0 amide bonds. The molecule has 0 spiro atoms. The number of fused-ring (bicyclic) bond motifs is 6. The van der Waals surface area contributed by atoms with E-state index in [2.05, 4.69) is 126 Å². The Balaban J connectivity index is 1.33. The monoisotopic (exact) mass is 549 g/mol. The van der Waals surface area contributed by atoms with Crippen molar-refractivity contribution in [3.8, 4) is 28.2 Å². The zero-order chi connectivity index (χ0) is 28.3. The van der Waals surface area contributed by atoms with Gasteiger partial charge in [0.1, 0.15) is 16.7 Å². The molecule has 43 heavy (non-hydrogen) atoms. The highest BCUT2D eigenvalue weighted by Crippen LogP contribution is 2.39. The molecule has 0 aliphatic heterocycles. The molecular formula is C38H23N5. The van der Waals surface area contributed by atoms with Crippen molar-refractivity contribution in [2.24, 2.45) is 0 Å². The van der Waals surface area contributed by atoms with Gasteiger partial charge in [0, 0.05) is 28.7 Å². The number of nitrogens with zero attached hydrogens (tertiary/aromatic N) is 5. The van der Waals surface area contributed by atoms with Gasteiger partial charge in [0.15, 0.2) is 5.82 Å². The molecule has 0 aliphatic carbocycles. The normalized spacial score (nSPS) is 11.7. The maximum atomic E-state index is 4.90. The van der Waals surface area contributed by atoms with Crippen molar-refractivity contribution < 1.29 is 0 Å². The number of para-hydroxylation sites is 1. The molecule has 0 saturated heterocycles. The molecule has 0 unspecified atom stereocenters. The minimum Gasteiger partial charge on any atom is -0.290 e. The molecule has 0 radical (unpaired) electrons. The van der Waals surface area contributed by atoms with Crippen molar-refractivity contribution in [1.29, 1.82) is 0 Å². The van der Waals surface area contributed by atoms with E-state index in [1.807, 2.05) is 6.07 Å². The van der Waals surface area contributed by atoms with E-state index in [-0.39, 0.29) is 0 Å². The zero-order valence-corrected chi connectivity index (χ0v) is 23.0. The Morgan fingerprint density at radius 2 is 1.07 bits per heavy atom. The Hall–Kier alpha value is -5.94. The van der Waals surface area contributed by atoms with Gasteiger partial charge >= 0.3 is 0 Å². The van der Waals surface area contributed by atoms with Gasteiger partial charge in [-0.2, -0.15) is 0 Å². The van der Waals surface area contributed by atoms with Gasteiger partial charge in [0.25, 0.3) is 0 Å². The Kier molecular flexibility index (Phi) is 5.13. The van der Waals surface area contributed by atoms with Crippen molar-refractivity contribution in [3.05, 3.63) is 140 Å². The number of rotatable bonds is 3. The summed E-state index contributed by atoms with van der Waals surface area (Å²) < 4.78 is 2.18. The quantitative estimate of drug-likeness (QED) is 0.220. The highest BCUT2D eigenvalue weighted by Gasteiger charge is 2.21. The number of benzene rings is 6. The Morgan fingerprint density at radius 3 is 1.88 bits per heavy atom. The Morgan fingerprint density at radius 1 is 0.442 bits per heavy atom. The standard InChI is InChI=1S/C38H23N5/c1-2-10-24(11-3-1)27-18-19-31(29-15-7-6-14-28(27)29)35-36-37(40-21-20-39-36)38(42-41-35)43-33-17-9-8-16-30(33)32-22-25-12-4-5-13-26(25)23-34(32)43/h1-23H. The molecular weight excluding hydrogens is 526 g/mol. The van der Waals surface area contributed by atoms with Crippen LogP contribution in [0.4, 0.5) is 0 Å². The second-order valence-electron chi connectivity index (χ2n) is 10.8. The number of hydrogen-bond donors (Lipinski definition) is 0. The Bertz CT molecular complexity index is 2510. The van der Waals surface area contributed by atoms with Gasteiger partial charge in [-0.3, -0.25) is 9.55 Å². The molecule has 5 heteroatoms. The lowest BCUT2D eigenvalue weighted by Crippen LogP contribution is -2.05. The van der Waals surface area contributed by atoms with E-state index in [1.54, 1.807) is 12.4 Å². The van der Waals surface area contributed by atoms with Crippen LogP contribution in [0.1, 0.15) is 0 Å². The maximum absolute atomic E-state index is 4.90. The van der Waals surface area contributed by atoms with Crippen LogP contribution in [0.2, 0.25) is 0 Å². The molecule has 0 fully saturated rings. The first kappa shape index (κ1) is 23.7. The third kappa shape index (κ3) is 3.58. The fourth-order valence-corrected chi connectivity index (χ4v) is 6.46. The third-order valence-corrected chi connectivity index (χ3v) is 8.39. The van der Waals surface area contributed by atoms with Crippen LogP contribution in [0, 0.1) is 0 Å². The maximum Gasteiger partial charge on any atom is 0.188 e. The van der Waals surface area contributed by atoms with E-state index in [0.29, 0.717) is 17.0 Å². The van der Waals surface area contributed by atoms with Gasteiger partial charge < -0.3 is 0 Å². The largest absolute Gasteiger partial charge is 0.290 e. The van der Waals surface area contributed by atoms with E-state index < -0.39 is 0 Å². The van der Waals surface area contributed by atoms with Crippen LogP contribution in [0.3, 0.4) is 0 Å². The molecule has 5 nitrogen and oxygen atoms in total. The lowest BCUT2D eigenvalue weighted by molar-refractivity contribution is 0.965. The summed E-state index contributed by atoms with van der Waals surface area (Å²) in [5, 5.41) is 16.7. The van der Waals surface area contributed by atoms with Crippen LogP contribution in [-0.2, 0) is 0 Å². The second-order valence-corrected chi connectivity index (χ2v) is 10.8. The van der Waals surface area contributed by atoms with Crippen molar-refractivity contribution in [2.75, 3.05) is 0 Å². The van der Waals surface area contributed by atoms with Crippen molar-refractivity contribution >= 4 is 54.4 Å². The SMILES string of the molecule is c1ccc(-c2ccc(-c3nnc(-n4c5ccccc5c5cc6ccccc6cc54)c4nccnc34)c3ccccc23)cc1. The molecule has 3 aromatic heterocycles. The summed E-state index contributed by atoms with van der Waals surface area (Å²) in [5.74, 6) is 0.665. The summed E-state index contributed by atoms with van der Waals surface area (Å²) in [5.41, 5.74) is 7.59. The van der Waals surface area contributed by atoms with E-state index in [4.69, 9.17) is 20.2 Å². The lowest BCUT2D eigenvalue weighted by atomic mass is 9.93. The molecule has 0 N–H and O–H groups in total. The van der Waals surface area contributed by atoms with Crippen LogP contribution in [0.15, 0.2) is 140 Å². The first-order valence-corrected chi connectivity index (χ1v) is 14.3. The fourth-order valence-electron chi connectivity index (χ4n) is 6.46. The van der Waals surface area contributed by atoms with Gasteiger partial charge in [0.05, 0.1) is 11.0 Å². The minimum absolute atomic E-state index is 0.665. The molecule has 3 heterocycles. The van der Waals surface area contributed by atoms with Gasteiger partial charge in [-0.05, 0) is 50.9 Å². The molecule has 0 bridgehead atoms. The molecule has 9 rings (SSSR count). The summed E-state index contributed by atoms with van der Waals surface area (Å²) >= 11 is 0. The van der Waals surface area contributed by atoms with Gasteiger partial charge in [-0.25, -0.2) is 4.98 Å². The molecule has 0 saturated carbocycles. The van der Waals surface area contributed by atoms with Crippen molar-refractivity contribution in [3.63, 3.8) is 0 Å². The summed E-state index contributed by atoms with van der Waals surface area (Å²) in [6, 6.07) is 44.6. The van der Waals surface area contributed by atoms with Gasteiger partial charge in [-0.15, -0.1) is 10.2 Å². The molecule has 0 aliphatic rings. The molecule has 6 aromatic carbocycles. The van der Waals surface area contributed by atoms with E-state index in [1.165, 1.54) is 27.3 Å². The first-order valence-electron chi connectivity index (χ1n) is 14.3. The predicted octanol–water partition coefficient (Wildman–Crippen LogP) is 9.16. The average molecular weight is 550 g/mol. The Labute approximate surface area is 246 Å². The van der Waals surface area contributed by atoms with Crippen LogP contribution in [-0.4, -0.2) is 24.7 Å². The third-order valence-electron chi connectivity index (χ3n) is 8.39. The highest BCUT2D eigenvalue weighted by molar-refractivity contribution is 6.14. The topological polar surface area (TPSA) is 56.5 Å². The molecule has 200 valence electrons. The minimum atomic E-state index is 0.665. The zero-order valence-electron chi connectivity index (χ0n) is 23.0. The van der Waals surface area contributed by atoms with E-state index >= 15 is 0 Å². The van der Waals surface area contributed by atoms with Crippen LogP contribution >= 0.6 is 0 Å². The lowest BCUT2D eigenvalue weighted by Gasteiger charge is -2.14. The first-order chi connectivity index (χ1) is 21.3. The summed E-state index contributed by atoms with van der Waals surface area (Å²) in [7, 11) is 0.